The number of nitro groups is 1. The fourth-order valence-electron chi connectivity index (χ4n) is 1.55. The molecule has 112 valence electrons. The van der Waals surface area contributed by atoms with Crippen molar-refractivity contribution in [1.82, 2.24) is 24.7 Å². The van der Waals surface area contributed by atoms with Gasteiger partial charge in [0, 0.05) is 13.1 Å². The van der Waals surface area contributed by atoms with Crippen LogP contribution in [0.15, 0.2) is 21.2 Å². The van der Waals surface area contributed by atoms with E-state index in [1.54, 1.807) is 6.92 Å². The Balaban J connectivity index is 2.43. The molecule has 0 atom stereocenters. The fourth-order valence-corrected chi connectivity index (χ4v) is 2.50. The van der Waals surface area contributed by atoms with E-state index in [0.717, 1.165) is 18.0 Å². The molecule has 0 aliphatic heterocycles. The number of nitrogens with zero attached hydrogens (tertiary/aromatic N) is 5. The summed E-state index contributed by atoms with van der Waals surface area (Å²) in [5.74, 6) is 0.284. The van der Waals surface area contributed by atoms with Crippen molar-refractivity contribution in [3.63, 3.8) is 0 Å². The van der Waals surface area contributed by atoms with Gasteiger partial charge in [0.2, 0.25) is 5.95 Å². The van der Waals surface area contributed by atoms with Gasteiger partial charge in [0.15, 0.2) is 10.2 Å². The van der Waals surface area contributed by atoms with Crippen molar-refractivity contribution in [2.75, 3.05) is 11.9 Å². The Labute approximate surface area is 123 Å². The average Bonchev–Trinajstić information content (AvgIpc) is 2.79. The highest BCUT2D eigenvalue weighted by Crippen LogP contribution is 2.31. The zero-order valence-corrected chi connectivity index (χ0v) is 12.2. The van der Waals surface area contributed by atoms with Gasteiger partial charge in [0.1, 0.15) is 6.20 Å². The molecule has 2 aromatic rings. The SMILES string of the molecule is CCNc1ncc([N+](=O)[O-])c(Sc2n[nH]c(=O)n2CC)n1. The third-order valence-corrected chi connectivity index (χ3v) is 3.48. The summed E-state index contributed by atoms with van der Waals surface area (Å²) in [4.78, 5) is 29.9. The summed E-state index contributed by atoms with van der Waals surface area (Å²) >= 11 is 0.942. The molecule has 2 aromatic heterocycles. The number of rotatable bonds is 6. The molecule has 10 nitrogen and oxygen atoms in total. The van der Waals surface area contributed by atoms with Gasteiger partial charge < -0.3 is 5.32 Å². The lowest BCUT2D eigenvalue weighted by Gasteiger charge is -2.05. The molecule has 11 heteroatoms. The van der Waals surface area contributed by atoms with Crippen LogP contribution in [0.4, 0.5) is 11.6 Å². The van der Waals surface area contributed by atoms with E-state index in [2.05, 4.69) is 25.5 Å². The summed E-state index contributed by atoms with van der Waals surface area (Å²) < 4.78 is 1.36. The van der Waals surface area contributed by atoms with E-state index >= 15 is 0 Å². The molecule has 0 aliphatic carbocycles. The highest BCUT2D eigenvalue weighted by molar-refractivity contribution is 7.99. The number of anilines is 1. The monoisotopic (exact) mass is 311 g/mol. The summed E-state index contributed by atoms with van der Waals surface area (Å²) in [6, 6.07) is 0. The number of nitrogens with one attached hydrogen (secondary N) is 2. The maximum atomic E-state index is 11.5. The van der Waals surface area contributed by atoms with Gasteiger partial charge in [-0.1, -0.05) is 0 Å². The zero-order valence-electron chi connectivity index (χ0n) is 11.4. The third-order valence-electron chi connectivity index (χ3n) is 2.49. The van der Waals surface area contributed by atoms with E-state index in [1.165, 1.54) is 4.57 Å². The maximum Gasteiger partial charge on any atom is 0.343 e. The van der Waals surface area contributed by atoms with Crippen LogP contribution in [0.2, 0.25) is 0 Å². The molecule has 0 aliphatic rings. The van der Waals surface area contributed by atoms with Crippen LogP contribution >= 0.6 is 11.8 Å². The lowest BCUT2D eigenvalue weighted by atomic mass is 10.5. The highest BCUT2D eigenvalue weighted by atomic mass is 32.2. The standard InChI is InChI=1S/C10H13N7O3S/c1-3-11-8-12-5-6(17(19)20)7(13-8)21-10-15-14-9(18)16(10)4-2/h5H,3-4H2,1-2H3,(H,14,18)(H,11,12,13). The second kappa shape index (κ2) is 6.35. The lowest BCUT2D eigenvalue weighted by molar-refractivity contribution is -0.388. The van der Waals surface area contributed by atoms with Crippen LogP contribution in [0, 0.1) is 10.1 Å². The summed E-state index contributed by atoms with van der Waals surface area (Å²) in [5, 5.41) is 20.5. The van der Waals surface area contributed by atoms with E-state index in [1.807, 2.05) is 6.92 Å². The first-order valence-corrected chi connectivity index (χ1v) is 6.96. The van der Waals surface area contributed by atoms with Gasteiger partial charge in [-0.05, 0) is 25.6 Å². The van der Waals surface area contributed by atoms with Crippen molar-refractivity contribution in [1.29, 1.82) is 0 Å². The molecule has 0 saturated heterocycles. The van der Waals surface area contributed by atoms with Gasteiger partial charge in [-0.15, -0.1) is 5.10 Å². The van der Waals surface area contributed by atoms with Crippen molar-refractivity contribution < 1.29 is 4.92 Å². The molecule has 2 N–H and O–H groups in total. The number of aromatic amines is 1. The maximum absolute atomic E-state index is 11.5. The minimum atomic E-state index is -0.570. The Morgan fingerprint density at radius 1 is 1.52 bits per heavy atom. The fraction of sp³-hybridized carbons (Fsp3) is 0.400. The van der Waals surface area contributed by atoms with E-state index in [-0.39, 0.29) is 22.4 Å². The van der Waals surface area contributed by atoms with Gasteiger partial charge in [0.25, 0.3) is 0 Å². The molecule has 21 heavy (non-hydrogen) atoms. The second-order valence-electron chi connectivity index (χ2n) is 3.83. The van der Waals surface area contributed by atoms with E-state index in [9.17, 15) is 14.9 Å². The van der Waals surface area contributed by atoms with Crippen molar-refractivity contribution in [2.45, 2.75) is 30.6 Å². The number of hydrogen-bond donors (Lipinski definition) is 2. The molecule has 0 saturated carbocycles. The number of aromatic nitrogens is 5. The molecule has 0 aromatic carbocycles. The summed E-state index contributed by atoms with van der Waals surface area (Å²) in [6.07, 6.45) is 1.13. The molecule has 0 fully saturated rings. The van der Waals surface area contributed by atoms with Gasteiger partial charge in [-0.3, -0.25) is 14.7 Å². The Kier molecular flexibility index (Phi) is 4.52. The molecule has 0 spiro atoms. The number of hydrogen-bond acceptors (Lipinski definition) is 8. The van der Waals surface area contributed by atoms with E-state index < -0.39 is 4.92 Å². The summed E-state index contributed by atoms with van der Waals surface area (Å²) in [6.45, 7) is 4.63. The normalized spacial score (nSPS) is 10.6. The Morgan fingerprint density at radius 3 is 2.90 bits per heavy atom. The predicted octanol–water partition coefficient (Wildman–Crippen LogP) is 0.872. The van der Waals surface area contributed by atoms with Crippen molar-refractivity contribution in [3.8, 4) is 0 Å². The van der Waals surface area contributed by atoms with Crippen molar-refractivity contribution >= 4 is 23.4 Å². The first-order valence-electron chi connectivity index (χ1n) is 6.15. The van der Waals surface area contributed by atoms with Crippen molar-refractivity contribution in [2.24, 2.45) is 0 Å². The minimum absolute atomic E-state index is 0.125. The Bertz CT molecular complexity index is 711. The largest absolute Gasteiger partial charge is 0.354 e. The van der Waals surface area contributed by atoms with Crippen LogP contribution in [-0.4, -0.2) is 36.2 Å². The summed E-state index contributed by atoms with van der Waals surface area (Å²) in [7, 11) is 0. The second-order valence-corrected chi connectivity index (χ2v) is 4.79. The molecule has 0 radical (unpaired) electrons. The molecule has 0 bridgehead atoms. The average molecular weight is 311 g/mol. The van der Waals surface area contributed by atoms with Gasteiger partial charge in [-0.2, -0.15) is 4.98 Å². The van der Waals surface area contributed by atoms with E-state index in [4.69, 9.17) is 0 Å². The first-order chi connectivity index (χ1) is 10.1. The molecule has 2 heterocycles. The molecule has 2 rings (SSSR count). The summed E-state index contributed by atoms with van der Waals surface area (Å²) in [5.41, 5.74) is -0.608. The van der Waals surface area contributed by atoms with Gasteiger partial charge in [-0.25, -0.2) is 14.9 Å². The van der Waals surface area contributed by atoms with Crippen LogP contribution in [0.5, 0.6) is 0 Å². The topological polar surface area (TPSA) is 132 Å². The lowest BCUT2D eigenvalue weighted by Crippen LogP contribution is -2.16. The van der Waals surface area contributed by atoms with Crippen LogP contribution in [-0.2, 0) is 6.54 Å². The highest BCUT2D eigenvalue weighted by Gasteiger charge is 2.21. The molecular weight excluding hydrogens is 298 g/mol. The Morgan fingerprint density at radius 2 is 2.29 bits per heavy atom. The van der Waals surface area contributed by atoms with Crippen molar-refractivity contribution in [3.05, 3.63) is 26.8 Å². The quantitative estimate of drug-likeness (QED) is 0.456. The Hall–Kier alpha value is -2.43. The van der Waals surface area contributed by atoms with Crippen LogP contribution < -0.4 is 11.0 Å². The van der Waals surface area contributed by atoms with Crippen LogP contribution in [0.3, 0.4) is 0 Å². The third kappa shape index (κ3) is 3.18. The van der Waals surface area contributed by atoms with Crippen LogP contribution in [0.1, 0.15) is 13.8 Å². The smallest absolute Gasteiger partial charge is 0.343 e. The van der Waals surface area contributed by atoms with E-state index in [0.29, 0.717) is 18.2 Å². The van der Waals surface area contributed by atoms with Gasteiger partial charge in [0.05, 0.1) is 4.92 Å². The minimum Gasteiger partial charge on any atom is -0.354 e. The molecule has 0 unspecified atom stereocenters. The van der Waals surface area contributed by atoms with Crippen LogP contribution in [0.25, 0.3) is 0 Å². The number of H-pyrrole nitrogens is 1. The zero-order chi connectivity index (χ0) is 15.4. The predicted molar refractivity (Wildman–Crippen MR) is 75.5 cm³/mol. The molecule has 0 amide bonds. The van der Waals surface area contributed by atoms with Gasteiger partial charge >= 0.3 is 11.4 Å². The first kappa shape index (κ1) is 15.0. The molecular formula is C10H13N7O3S.